The monoisotopic (exact) mass is 477 g/mol. The van der Waals surface area contributed by atoms with E-state index in [1.807, 2.05) is 13.8 Å². The van der Waals surface area contributed by atoms with Gasteiger partial charge in [0.15, 0.2) is 0 Å². The lowest BCUT2D eigenvalue weighted by atomic mass is 10.0. The summed E-state index contributed by atoms with van der Waals surface area (Å²) in [4.78, 5) is 24.9. The summed E-state index contributed by atoms with van der Waals surface area (Å²) in [5.41, 5.74) is 0.599. The zero-order chi connectivity index (χ0) is 21.2. The van der Waals surface area contributed by atoms with Crippen molar-refractivity contribution in [1.29, 1.82) is 0 Å². The second-order valence-electron chi connectivity index (χ2n) is 6.43. The molecule has 0 aliphatic carbocycles. The van der Waals surface area contributed by atoms with Gasteiger partial charge in [-0.2, -0.15) is 0 Å². The zero-order valence-corrected chi connectivity index (χ0v) is 19.1. The molecule has 0 aliphatic heterocycles. The van der Waals surface area contributed by atoms with Crippen LogP contribution >= 0.6 is 23.5 Å². The number of nitrogens with one attached hydrogen (secondary N) is 3. The number of urea groups is 1. The fraction of sp³-hybridized carbons (Fsp3) is 0.556. The molecule has 0 fully saturated rings. The predicted octanol–water partition coefficient (Wildman–Crippen LogP) is 4.33. The van der Waals surface area contributed by atoms with E-state index >= 15 is 0 Å². The van der Waals surface area contributed by atoms with Gasteiger partial charge in [0.2, 0.25) is 5.91 Å². The summed E-state index contributed by atoms with van der Waals surface area (Å²) < 4.78 is 23.7. The molecular weight excluding hydrogens is 449 g/mol. The smallest absolute Gasteiger partial charge is 0.343 e. The van der Waals surface area contributed by atoms with Crippen LogP contribution in [0.25, 0.3) is 0 Å². The first-order valence-electron chi connectivity index (χ1n) is 9.18. The van der Waals surface area contributed by atoms with E-state index in [1.165, 1.54) is 0 Å². The Morgan fingerprint density at radius 1 is 1.11 bits per heavy atom. The van der Waals surface area contributed by atoms with Gasteiger partial charge in [0.25, 0.3) is 0 Å². The molecule has 1 aromatic carbocycles. The van der Waals surface area contributed by atoms with Crippen molar-refractivity contribution in [2.45, 2.75) is 40.2 Å². The van der Waals surface area contributed by atoms with Crippen molar-refractivity contribution in [1.82, 2.24) is 10.6 Å². The van der Waals surface area contributed by atoms with E-state index in [1.54, 1.807) is 38.1 Å². The zero-order valence-electron chi connectivity index (χ0n) is 16.7. The number of halogens is 1. The summed E-state index contributed by atoms with van der Waals surface area (Å²) in [7, 11) is -3.41. The van der Waals surface area contributed by atoms with Gasteiger partial charge < -0.3 is 25.0 Å². The Labute approximate surface area is 174 Å². The fourth-order valence-electron chi connectivity index (χ4n) is 2.38. The van der Waals surface area contributed by atoms with Crippen LogP contribution in [0.4, 0.5) is 10.5 Å². The molecule has 1 rings (SSSR count). The van der Waals surface area contributed by atoms with Gasteiger partial charge in [-0.25, -0.2) is 4.79 Å². The van der Waals surface area contributed by atoms with E-state index in [0.717, 1.165) is 4.47 Å². The van der Waals surface area contributed by atoms with E-state index in [9.17, 15) is 14.2 Å². The van der Waals surface area contributed by atoms with Crippen LogP contribution in [-0.4, -0.2) is 37.5 Å². The highest BCUT2D eigenvalue weighted by Crippen LogP contribution is 2.46. The molecule has 158 valence electrons. The van der Waals surface area contributed by atoms with Crippen molar-refractivity contribution >= 4 is 41.2 Å². The molecule has 0 spiro atoms. The molecule has 1 aromatic rings. The molecule has 1 atom stereocenters. The minimum absolute atomic E-state index is 0.161. The van der Waals surface area contributed by atoms with Crippen molar-refractivity contribution in [3.63, 3.8) is 0 Å². The topological polar surface area (TPSA) is 106 Å². The van der Waals surface area contributed by atoms with Gasteiger partial charge in [-0.15, -0.1) is 0 Å². The third kappa shape index (κ3) is 9.19. The van der Waals surface area contributed by atoms with Crippen molar-refractivity contribution in [2.24, 2.45) is 5.92 Å². The first-order valence-corrected chi connectivity index (χ1v) is 11.7. The first-order chi connectivity index (χ1) is 13.2. The second kappa shape index (κ2) is 12.2. The van der Waals surface area contributed by atoms with E-state index in [-0.39, 0.29) is 25.4 Å². The van der Waals surface area contributed by atoms with Gasteiger partial charge >= 0.3 is 13.6 Å². The summed E-state index contributed by atoms with van der Waals surface area (Å²) in [5, 5.41) is 7.93. The predicted molar refractivity (Wildman–Crippen MR) is 113 cm³/mol. The molecule has 0 saturated heterocycles. The number of carbonyl (C=O) groups excluding carboxylic acids is 2. The summed E-state index contributed by atoms with van der Waals surface area (Å²) in [6.45, 7) is 7.69. The highest BCUT2D eigenvalue weighted by Gasteiger charge is 2.28. The van der Waals surface area contributed by atoms with Crippen molar-refractivity contribution < 1.29 is 23.2 Å². The fourth-order valence-corrected chi connectivity index (χ4v) is 4.04. The molecule has 0 saturated carbocycles. The largest absolute Gasteiger partial charge is 0.349 e. The Balaban J connectivity index is 2.71. The molecule has 0 aromatic heterocycles. The van der Waals surface area contributed by atoms with Crippen LogP contribution in [0.1, 0.15) is 34.1 Å². The maximum atomic E-state index is 12.6. The normalized spacial score (nSPS) is 12.5. The van der Waals surface area contributed by atoms with Crippen molar-refractivity contribution in [2.75, 3.05) is 24.8 Å². The molecule has 3 amide bonds. The van der Waals surface area contributed by atoms with Crippen LogP contribution in [0.2, 0.25) is 0 Å². The van der Waals surface area contributed by atoms with E-state index in [2.05, 4.69) is 31.9 Å². The number of carbonyl (C=O) groups is 2. The minimum atomic E-state index is -3.41. The number of rotatable bonds is 11. The average Bonchev–Trinajstić information content (AvgIpc) is 2.61. The molecule has 1 unspecified atom stereocenters. The number of benzene rings is 1. The molecule has 28 heavy (non-hydrogen) atoms. The van der Waals surface area contributed by atoms with E-state index in [4.69, 9.17) is 9.05 Å². The Kier molecular flexibility index (Phi) is 10.7. The molecule has 0 heterocycles. The van der Waals surface area contributed by atoms with Crippen molar-refractivity contribution in [3.05, 3.63) is 28.7 Å². The number of amides is 3. The lowest BCUT2D eigenvalue weighted by Crippen LogP contribution is -2.49. The van der Waals surface area contributed by atoms with Crippen LogP contribution in [0.3, 0.4) is 0 Å². The van der Waals surface area contributed by atoms with Crippen LogP contribution in [0, 0.1) is 5.92 Å². The standard InChI is InChI=1S/C18H29BrN3O5P/c1-5-26-28(25,27-6-2)12-20-17(23)16(11-13(3)4)22-18(24)21-15-9-7-14(19)8-10-15/h7-10,13,16H,5-6,11-12H2,1-4H3,(H,20,23)(H2,21,22,24). The van der Waals surface area contributed by atoms with Gasteiger partial charge in [0, 0.05) is 10.2 Å². The molecule has 10 heteroatoms. The number of anilines is 1. The van der Waals surface area contributed by atoms with Gasteiger partial charge in [0.1, 0.15) is 12.3 Å². The maximum Gasteiger partial charge on any atom is 0.349 e. The number of hydrogen-bond acceptors (Lipinski definition) is 5. The highest BCUT2D eigenvalue weighted by atomic mass is 79.9. The summed E-state index contributed by atoms with van der Waals surface area (Å²) in [6, 6.07) is 5.79. The SMILES string of the molecule is CCOP(=O)(CNC(=O)C(CC(C)C)NC(=O)Nc1ccc(Br)cc1)OCC. The van der Waals surface area contributed by atoms with Gasteiger partial charge in [0.05, 0.1) is 13.2 Å². The lowest BCUT2D eigenvalue weighted by Gasteiger charge is -2.22. The Morgan fingerprint density at radius 2 is 1.68 bits per heavy atom. The average molecular weight is 478 g/mol. The van der Waals surface area contributed by atoms with Gasteiger partial charge in [-0.1, -0.05) is 29.8 Å². The number of hydrogen-bond donors (Lipinski definition) is 3. The first kappa shape index (κ1) is 24.6. The molecule has 8 nitrogen and oxygen atoms in total. The van der Waals surface area contributed by atoms with Crippen LogP contribution in [-0.2, 0) is 18.4 Å². The molecule has 3 N–H and O–H groups in total. The summed E-state index contributed by atoms with van der Waals surface area (Å²) in [6.07, 6.45) is 0.172. The summed E-state index contributed by atoms with van der Waals surface area (Å²) in [5.74, 6) is -0.284. The Morgan fingerprint density at radius 3 is 2.18 bits per heavy atom. The Bertz CT molecular complexity index is 674. The van der Waals surface area contributed by atoms with E-state index in [0.29, 0.717) is 12.1 Å². The third-order valence-corrected chi connectivity index (χ3v) is 5.91. The van der Waals surface area contributed by atoms with Crippen LogP contribution in [0.15, 0.2) is 28.7 Å². The van der Waals surface area contributed by atoms with Crippen LogP contribution < -0.4 is 16.0 Å². The minimum Gasteiger partial charge on any atom is -0.343 e. The Hall–Kier alpha value is -1.41. The molecule has 0 radical (unpaired) electrons. The summed E-state index contributed by atoms with van der Waals surface area (Å²) >= 11 is 3.33. The maximum absolute atomic E-state index is 12.6. The molecule has 0 aliphatic rings. The van der Waals surface area contributed by atoms with E-state index < -0.39 is 25.6 Å². The van der Waals surface area contributed by atoms with Crippen molar-refractivity contribution in [3.8, 4) is 0 Å². The molecule has 0 bridgehead atoms. The quantitative estimate of drug-likeness (QED) is 0.411. The van der Waals surface area contributed by atoms with Gasteiger partial charge in [-0.05, 0) is 50.5 Å². The highest BCUT2D eigenvalue weighted by molar-refractivity contribution is 9.10. The second-order valence-corrected chi connectivity index (χ2v) is 9.40. The van der Waals surface area contributed by atoms with Crippen LogP contribution in [0.5, 0.6) is 0 Å². The lowest BCUT2D eigenvalue weighted by molar-refractivity contribution is -0.123. The molecular formula is C18H29BrN3O5P. The third-order valence-electron chi connectivity index (χ3n) is 3.53. The van der Waals surface area contributed by atoms with Gasteiger partial charge in [-0.3, -0.25) is 9.36 Å².